The predicted molar refractivity (Wildman–Crippen MR) is 75.7 cm³/mol. The summed E-state index contributed by atoms with van der Waals surface area (Å²) in [7, 11) is 0. The van der Waals surface area contributed by atoms with Crippen LogP contribution < -0.4 is 5.32 Å². The third-order valence-corrected chi connectivity index (χ3v) is 4.90. The van der Waals surface area contributed by atoms with E-state index in [0.29, 0.717) is 18.5 Å². The second-order valence-corrected chi connectivity index (χ2v) is 5.39. The van der Waals surface area contributed by atoms with Crippen molar-refractivity contribution in [3.05, 3.63) is 11.6 Å². The highest BCUT2D eigenvalue weighted by atomic mass is 32.2. The fraction of sp³-hybridized carbons (Fsp3) is 0.769. The van der Waals surface area contributed by atoms with Gasteiger partial charge in [0.05, 0.1) is 0 Å². The van der Waals surface area contributed by atoms with E-state index in [1.54, 1.807) is 6.08 Å². The van der Waals surface area contributed by atoms with Crippen molar-refractivity contribution in [2.45, 2.75) is 44.8 Å². The van der Waals surface area contributed by atoms with Crippen LogP contribution in [0.5, 0.6) is 0 Å². The van der Waals surface area contributed by atoms with E-state index in [9.17, 15) is 4.79 Å². The lowest BCUT2D eigenvalue weighted by Gasteiger charge is -2.29. The third kappa shape index (κ3) is 5.59. The van der Waals surface area contributed by atoms with Crippen molar-refractivity contribution in [2.75, 3.05) is 19.3 Å². The van der Waals surface area contributed by atoms with Gasteiger partial charge in [-0.25, -0.2) is 4.79 Å². The van der Waals surface area contributed by atoms with E-state index in [4.69, 9.17) is 5.11 Å². The fourth-order valence-electron chi connectivity index (χ4n) is 1.74. The van der Waals surface area contributed by atoms with Crippen LogP contribution in [0.3, 0.4) is 0 Å². The van der Waals surface area contributed by atoms with Crippen LogP contribution in [0, 0.1) is 0 Å². The molecule has 4 heteroatoms. The number of rotatable bonds is 9. The Morgan fingerprint density at radius 3 is 2.29 bits per heavy atom. The summed E-state index contributed by atoms with van der Waals surface area (Å²) in [5, 5.41) is 12.2. The van der Waals surface area contributed by atoms with Gasteiger partial charge in [0.25, 0.3) is 0 Å². The van der Waals surface area contributed by atoms with Crippen molar-refractivity contribution in [3.63, 3.8) is 0 Å². The maximum Gasteiger partial charge on any atom is 0.331 e. The number of hydrogen-bond donors (Lipinski definition) is 2. The molecule has 0 spiro atoms. The van der Waals surface area contributed by atoms with Crippen molar-refractivity contribution in [1.29, 1.82) is 0 Å². The molecule has 17 heavy (non-hydrogen) atoms. The molecular formula is C13H25NO2S. The summed E-state index contributed by atoms with van der Waals surface area (Å²) in [6.07, 6.45) is 6.74. The average Bonchev–Trinajstić information content (AvgIpc) is 2.34. The van der Waals surface area contributed by atoms with Gasteiger partial charge in [-0.1, -0.05) is 26.8 Å². The Bertz CT molecular complexity index is 252. The number of aliphatic carboxylic acids is 1. The molecule has 0 rings (SSSR count). The van der Waals surface area contributed by atoms with Crippen LogP contribution in [-0.4, -0.2) is 35.2 Å². The monoisotopic (exact) mass is 259 g/mol. The zero-order valence-corrected chi connectivity index (χ0v) is 12.2. The average molecular weight is 259 g/mol. The minimum Gasteiger partial charge on any atom is -0.478 e. The molecule has 0 aliphatic carbocycles. The number of carbonyl (C=O) groups is 1. The van der Waals surface area contributed by atoms with Gasteiger partial charge in [0.2, 0.25) is 0 Å². The highest BCUT2D eigenvalue weighted by Gasteiger charge is 2.23. The SMILES string of the molecule is CCC(=CCNCC(CC)(CC)SC)C(=O)O. The van der Waals surface area contributed by atoms with Gasteiger partial charge in [0, 0.05) is 23.4 Å². The van der Waals surface area contributed by atoms with Crippen LogP contribution >= 0.6 is 11.8 Å². The van der Waals surface area contributed by atoms with Gasteiger partial charge in [0.15, 0.2) is 0 Å². The summed E-state index contributed by atoms with van der Waals surface area (Å²) in [6.45, 7) is 7.83. The summed E-state index contributed by atoms with van der Waals surface area (Å²) in [6, 6.07) is 0. The Morgan fingerprint density at radius 1 is 1.35 bits per heavy atom. The van der Waals surface area contributed by atoms with Gasteiger partial charge in [-0.15, -0.1) is 0 Å². The first-order valence-corrected chi connectivity index (χ1v) is 7.45. The summed E-state index contributed by atoms with van der Waals surface area (Å²) in [5.41, 5.74) is 0.486. The Balaban J connectivity index is 4.18. The van der Waals surface area contributed by atoms with Crippen LogP contribution in [-0.2, 0) is 4.79 Å². The summed E-state index contributed by atoms with van der Waals surface area (Å²) in [4.78, 5) is 10.8. The van der Waals surface area contributed by atoms with Crippen LogP contribution in [0.2, 0.25) is 0 Å². The standard InChI is InChI=1S/C13H25NO2S/c1-5-11(12(15)16)8-9-14-10-13(6-2,7-3)17-4/h8,14H,5-7,9-10H2,1-4H3,(H,15,16). The minimum absolute atomic E-state index is 0.281. The van der Waals surface area contributed by atoms with Crippen LogP contribution in [0.4, 0.5) is 0 Å². The molecule has 0 aromatic heterocycles. The van der Waals surface area contributed by atoms with Gasteiger partial charge in [-0.2, -0.15) is 11.8 Å². The molecule has 0 aromatic carbocycles. The normalized spacial score (nSPS) is 12.8. The second-order valence-electron chi connectivity index (χ2n) is 4.11. The Kier molecular flexibility index (Phi) is 8.35. The van der Waals surface area contributed by atoms with Crippen molar-refractivity contribution in [1.82, 2.24) is 5.32 Å². The van der Waals surface area contributed by atoms with Crippen molar-refractivity contribution >= 4 is 17.7 Å². The Morgan fingerprint density at radius 2 is 1.94 bits per heavy atom. The van der Waals surface area contributed by atoms with Gasteiger partial charge in [-0.3, -0.25) is 0 Å². The summed E-state index contributed by atoms with van der Waals surface area (Å²) < 4.78 is 0.281. The van der Waals surface area contributed by atoms with E-state index in [1.165, 1.54) is 0 Å². The van der Waals surface area contributed by atoms with Gasteiger partial charge < -0.3 is 10.4 Å². The lowest BCUT2D eigenvalue weighted by atomic mass is 10.0. The number of nitrogens with one attached hydrogen (secondary N) is 1. The molecule has 0 atom stereocenters. The Hall–Kier alpha value is -0.480. The molecule has 0 saturated heterocycles. The molecule has 0 aliphatic heterocycles. The van der Waals surface area contributed by atoms with E-state index in [0.717, 1.165) is 19.4 Å². The van der Waals surface area contributed by atoms with Crippen LogP contribution in [0.15, 0.2) is 11.6 Å². The molecule has 3 nitrogen and oxygen atoms in total. The van der Waals surface area contributed by atoms with Gasteiger partial charge in [-0.05, 0) is 25.5 Å². The molecule has 0 radical (unpaired) electrons. The maximum absolute atomic E-state index is 10.8. The molecule has 0 fully saturated rings. The molecular weight excluding hydrogens is 234 g/mol. The van der Waals surface area contributed by atoms with E-state index >= 15 is 0 Å². The molecule has 0 heterocycles. The molecule has 0 aliphatic rings. The van der Waals surface area contributed by atoms with Crippen molar-refractivity contribution < 1.29 is 9.90 Å². The molecule has 0 bridgehead atoms. The largest absolute Gasteiger partial charge is 0.478 e. The van der Waals surface area contributed by atoms with Crippen molar-refractivity contribution in [3.8, 4) is 0 Å². The smallest absolute Gasteiger partial charge is 0.331 e. The quantitative estimate of drug-likeness (QED) is 0.494. The lowest BCUT2D eigenvalue weighted by Crippen LogP contribution is -2.36. The summed E-state index contributed by atoms with van der Waals surface area (Å²) in [5.74, 6) is -0.809. The fourth-order valence-corrected chi connectivity index (χ4v) is 2.56. The maximum atomic E-state index is 10.8. The van der Waals surface area contributed by atoms with Crippen LogP contribution in [0.1, 0.15) is 40.0 Å². The van der Waals surface area contributed by atoms with E-state index < -0.39 is 5.97 Å². The lowest BCUT2D eigenvalue weighted by molar-refractivity contribution is -0.132. The zero-order chi connectivity index (χ0) is 13.3. The van der Waals surface area contributed by atoms with Gasteiger partial charge in [0.1, 0.15) is 0 Å². The molecule has 0 unspecified atom stereocenters. The van der Waals surface area contributed by atoms with Crippen LogP contribution in [0.25, 0.3) is 0 Å². The number of thioether (sulfide) groups is 1. The van der Waals surface area contributed by atoms with Crippen molar-refractivity contribution in [2.24, 2.45) is 0 Å². The van der Waals surface area contributed by atoms with E-state index in [2.05, 4.69) is 25.4 Å². The molecule has 0 saturated carbocycles. The highest BCUT2D eigenvalue weighted by molar-refractivity contribution is 8.00. The molecule has 100 valence electrons. The number of hydrogen-bond acceptors (Lipinski definition) is 3. The van der Waals surface area contributed by atoms with Gasteiger partial charge >= 0.3 is 5.97 Å². The minimum atomic E-state index is -0.809. The highest BCUT2D eigenvalue weighted by Crippen LogP contribution is 2.29. The zero-order valence-electron chi connectivity index (χ0n) is 11.4. The molecule has 0 aromatic rings. The third-order valence-electron chi connectivity index (χ3n) is 3.32. The first-order chi connectivity index (χ1) is 8.05. The topological polar surface area (TPSA) is 49.3 Å². The first-order valence-electron chi connectivity index (χ1n) is 6.23. The van der Waals surface area contributed by atoms with E-state index in [1.807, 2.05) is 18.7 Å². The van der Waals surface area contributed by atoms with E-state index in [-0.39, 0.29) is 4.75 Å². The Labute approximate surface area is 109 Å². The predicted octanol–water partition coefficient (Wildman–Crippen LogP) is 2.92. The first kappa shape index (κ1) is 16.5. The summed E-state index contributed by atoms with van der Waals surface area (Å²) >= 11 is 1.89. The second kappa shape index (κ2) is 8.59. The number of carboxylic acids is 1. The molecule has 2 N–H and O–H groups in total. The molecule has 0 amide bonds. The number of carboxylic acid groups (broad SMARTS) is 1.